The highest BCUT2D eigenvalue weighted by atomic mass is 35.5. The summed E-state index contributed by atoms with van der Waals surface area (Å²) in [5.74, 6) is -0.358. The van der Waals surface area contributed by atoms with Crippen molar-refractivity contribution in [3.05, 3.63) is 28.8 Å². The third-order valence-electron chi connectivity index (χ3n) is 3.66. The van der Waals surface area contributed by atoms with Crippen LogP contribution in [-0.2, 0) is 9.53 Å². The predicted octanol–water partition coefficient (Wildman–Crippen LogP) is 2.96. The Labute approximate surface area is 146 Å². The van der Waals surface area contributed by atoms with Gasteiger partial charge in [0.15, 0.2) is 0 Å². The number of rotatable bonds is 2. The Morgan fingerprint density at radius 2 is 2.04 bits per heavy atom. The molecular weight excluding hydrogens is 332 g/mol. The molecule has 1 aromatic carbocycles. The molecule has 1 aliphatic heterocycles. The third kappa shape index (κ3) is 4.61. The second-order valence-corrected chi connectivity index (χ2v) is 7.42. The fourth-order valence-electron chi connectivity index (χ4n) is 2.57. The van der Waals surface area contributed by atoms with Crippen LogP contribution in [0, 0.1) is 6.92 Å². The fraction of sp³-hybridized carbons (Fsp3) is 0.529. The summed E-state index contributed by atoms with van der Waals surface area (Å²) in [5, 5.41) is 13.2. The minimum absolute atomic E-state index is 0.0760. The highest BCUT2D eigenvalue weighted by Gasteiger charge is 2.41. The zero-order valence-electron chi connectivity index (χ0n) is 14.3. The summed E-state index contributed by atoms with van der Waals surface area (Å²) >= 11 is 5.91. The molecule has 24 heavy (non-hydrogen) atoms. The first-order chi connectivity index (χ1) is 11.1. The summed E-state index contributed by atoms with van der Waals surface area (Å²) in [6.45, 7) is 7.17. The van der Waals surface area contributed by atoms with Crippen LogP contribution in [-0.4, -0.2) is 46.3 Å². The monoisotopic (exact) mass is 354 g/mol. The van der Waals surface area contributed by atoms with Gasteiger partial charge in [0.2, 0.25) is 5.91 Å². The van der Waals surface area contributed by atoms with Gasteiger partial charge in [0.25, 0.3) is 0 Å². The third-order valence-corrected chi connectivity index (χ3v) is 3.89. The Balaban J connectivity index is 2.12. The topological polar surface area (TPSA) is 78.9 Å². The number of nitrogens with one attached hydrogen (secondary N) is 1. The number of halogens is 1. The quantitative estimate of drug-likeness (QED) is 0.855. The van der Waals surface area contributed by atoms with E-state index >= 15 is 0 Å². The average molecular weight is 355 g/mol. The second kappa shape index (κ2) is 6.99. The van der Waals surface area contributed by atoms with E-state index in [1.165, 1.54) is 4.90 Å². The normalized spacial score (nSPS) is 20.8. The Bertz CT molecular complexity index is 642. The van der Waals surface area contributed by atoms with E-state index in [1.807, 2.05) is 6.92 Å². The molecule has 0 saturated carbocycles. The zero-order valence-corrected chi connectivity index (χ0v) is 15.1. The molecule has 1 heterocycles. The molecule has 0 spiro atoms. The van der Waals surface area contributed by atoms with Crippen molar-refractivity contribution < 1.29 is 19.4 Å². The number of benzene rings is 1. The number of anilines is 1. The van der Waals surface area contributed by atoms with Gasteiger partial charge in [0, 0.05) is 17.1 Å². The van der Waals surface area contributed by atoms with Gasteiger partial charge in [-0.2, -0.15) is 0 Å². The number of hydrogen-bond acceptors (Lipinski definition) is 4. The number of ether oxygens (including phenoxy) is 1. The number of hydrogen-bond donors (Lipinski definition) is 2. The van der Waals surface area contributed by atoms with Gasteiger partial charge in [0.05, 0.1) is 12.6 Å². The van der Waals surface area contributed by atoms with Gasteiger partial charge in [-0.3, -0.25) is 9.69 Å². The van der Waals surface area contributed by atoms with E-state index in [9.17, 15) is 14.7 Å². The van der Waals surface area contributed by atoms with Crippen LogP contribution in [0.5, 0.6) is 0 Å². The lowest BCUT2D eigenvalue weighted by molar-refractivity contribution is -0.120. The Morgan fingerprint density at radius 3 is 2.62 bits per heavy atom. The van der Waals surface area contributed by atoms with Crippen molar-refractivity contribution in [1.82, 2.24) is 4.90 Å². The van der Waals surface area contributed by atoms with Gasteiger partial charge in [-0.15, -0.1) is 0 Å². The van der Waals surface area contributed by atoms with Crippen molar-refractivity contribution in [2.75, 3.05) is 11.9 Å². The smallest absolute Gasteiger partial charge is 0.411 e. The van der Waals surface area contributed by atoms with E-state index in [-0.39, 0.29) is 18.9 Å². The predicted molar refractivity (Wildman–Crippen MR) is 92.2 cm³/mol. The Morgan fingerprint density at radius 1 is 1.38 bits per heavy atom. The zero-order chi connectivity index (χ0) is 18.1. The molecular formula is C17H23ClN2O4. The lowest BCUT2D eigenvalue weighted by atomic mass is 10.1. The van der Waals surface area contributed by atoms with Gasteiger partial charge in [0.1, 0.15) is 11.6 Å². The van der Waals surface area contributed by atoms with Gasteiger partial charge in [-0.25, -0.2) is 4.79 Å². The van der Waals surface area contributed by atoms with Crippen molar-refractivity contribution in [2.24, 2.45) is 0 Å². The van der Waals surface area contributed by atoms with Crippen LogP contribution in [0.4, 0.5) is 10.5 Å². The van der Waals surface area contributed by atoms with Crippen molar-refractivity contribution >= 4 is 29.3 Å². The van der Waals surface area contributed by atoms with Crippen molar-refractivity contribution in [3.63, 3.8) is 0 Å². The molecule has 2 N–H and O–H groups in total. The molecule has 0 aliphatic carbocycles. The molecule has 2 amide bonds. The second-order valence-electron chi connectivity index (χ2n) is 6.99. The van der Waals surface area contributed by atoms with E-state index in [2.05, 4.69) is 5.32 Å². The van der Waals surface area contributed by atoms with Crippen LogP contribution in [0.25, 0.3) is 0 Å². The highest BCUT2D eigenvalue weighted by Crippen LogP contribution is 2.24. The lowest BCUT2D eigenvalue weighted by Gasteiger charge is -2.28. The maximum atomic E-state index is 12.6. The number of aryl methyl sites for hydroxylation is 1. The number of aliphatic hydroxyl groups excluding tert-OH is 1. The number of carbonyl (C=O) groups is 2. The minimum Gasteiger partial charge on any atom is -0.444 e. The molecule has 0 bridgehead atoms. The molecule has 0 radical (unpaired) electrons. The SMILES string of the molecule is Cc1cc(Cl)ccc1NC(=O)[C@H]1C[C@H](O)CN1C(=O)OC(C)(C)C. The van der Waals surface area contributed by atoms with E-state index in [4.69, 9.17) is 16.3 Å². The molecule has 6 nitrogen and oxygen atoms in total. The first-order valence-corrected chi connectivity index (χ1v) is 8.19. The first-order valence-electron chi connectivity index (χ1n) is 7.81. The maximum absolute atomic E-state index is 12.6. The van der Waals surface area contributed by atoms with Gasteiger partial charge < -0.3 is 15.2 Å². The number of nitrogens with zero attached hydrogens (tertiary/aromatic N) is 1. The lowest BCUT2D eigenvalue weighted by Crippen LogP contribution is -2.45. The van der Waals surface area contributed by atoms with Crippen LogP contribution in [0.3, 0.4) is 0 Å². The van der Waals surface area contributed by atoms with Crippen molar-refractivity contribution in [1.29, 1.82) is 0 Å². The summed E-state index contributed by atoms with van der Waals surface area (Å²) < 4.78 is 5.32. The molecule has 0 aromatic heterocycles. The van der Waals surface area contributed by atoms with Crippen LogP contribution >= 0.6 is 11.6 Å². The van der Waals surface area contributed by atoms with E-state index in [0.29, 0.717) is 10.7 Å². The van der Waals surface area contributed by atoms with Gasteiger partial charge >= 0.3 is 6.09 Å². The molecule has 1 saturated heterocycles. The minimum atomic E-state index is -0.773. The van der Waals surface area contributed by atoms with Crippen LogP contribution in [0.15, 0.2) is 18.2 Å². The number of β-amino-alcohol motifs (C(OH)–C–C–N with tert-alkyl or cyclic N) is 1. The summed E-state index contributed by atoms with van der Waals surface area (Å²) in [5.41, 5.74) is 0.770. The number of aliphatic hydroxyl groups is 1. The van der Waals surface area contributed by atoms with E-state index in [0.717, 1.165) is 5.56 Å². The first kappa shape index (κ1) is 18.5. The molecule has 1 aromatic rings. The molecule has 1 aliphatic rings. The number of likely N-dealkylation sites (tertiary alicyclic amines) is 1. The van der Waals surface area contributed by atoms with Crippen molar-refractivity contribution in [3.8, 4) is 0 Å². The number of amides is 2. The summed E-state index contributed by atoms with van der Waals surface area (Å²) in [4.78, 5) is 26.1. The van der Waals surface area contributed by atoms with Gasteiger partial charge in [-0.05, 0) is 51.5 Å². The molecule has 7 heteroatoms. The molecule has 132 valence electrons. The van der Waals surface area contributed by atoms with Crippen molar-refractivity contribution in [2.45, 2.75) is 51.9 Å². The molecule has 1 fully saturated rings. The van der Waals surface area contributed by atoms with E-state index < -0.39 is 23.8 Å². The Hall–Kier alpha value is -1.79. The van der Waals surface area contributed by atoms with Crippen LogP contribution in [0.2, 0.25) is 5.02 Å². The largest absolute Gasteiger partial charge is 0.444 e. The van der Waals surface area contributed by atoms with Crippen LogP contribution < -0.4 is 5.32 Å². The maximum Gasteiger partial charge on any atom is 0.411 e. The molecule has 2 atom stereocenters. The summed E-state index contributed by atoms with van der Waals surface area (Å²) in [7, 11) is 0. The molecule has 0 unspecified atom stereocenters. The van der Waals surface area contributed by atoms with E-state index in [1.54, 1.807) is 39.0 Å². The van der Waals surface area contributed by atoms with Gasteiger partial charge in [-0.1, -0.05) is 11.6 Å². The highest BCUT2D eigenvalue weighted by molar-refractivity contribution is 6.30. The fourth-order valence-corrected chi connectivity index (χ4v) is 2.79. The number of carbonyl (C=O) groups excluding carboxylic acids is 2. The van der Waals surface area contributed by atoms with Crippen LogP contribution in [0.1, 0.15) is 32.8 Å². The summed E-state index contributed by atoms with van der Waals surface area (Å²) in [6.07, 6.45) is -1.18. The standard InChI is InChI=1S/C17H23ClN2O4/c1-10-7-11(18)5-6-13(10)19-15(22)14-8-12(21)9-20(14)16(23)24-17(2,3)4/h5-7,12,14,21H,8-9H2,1-4H3,(H,19,22)/t12-,14+/m0/s1. The summed E-state index contributed by atoms with van der Waals surface area (Å²) in [6, 6.07) is 4.36. The molecule has 2 rings (SSSR count). The average Bonchev–Trinajstić information content (AvgIpc) is 2.82. The Kier molecular flexibility index (Phi) is 5.40.